The van der Waals surface area contributed by atoms with Crippen LogP contribution >= 0.6 is 0 Å². The first-order valence-corrected chi connectivity index (χ1v) is 9.47. The number of nitrogens with one attached hydrogen (secondary N) is 1. The predicted molar refractivity (Wildman–Crippen MR) is 113 cm³/mol. The summed E-state index contributed by atoms with van der Waals surface area (Å²) in [6, 6.07) is 16.9. The zero-order valence-corrected chi connectivity index (χ0v) is 17.0. The van der Waals surface area contributed by atoms with Crippen LogP contribution in [-0.4, -0.2) is 41.7 Å². The van der Waals surface area contributed by atoms with E-state index in [1.54, 1.807) is 25.0 Å². The van der Waals surface area contributed by atoms with Crippen LogP contribution in [0, 0.1) is 6.92 Å². The Hall–Kier alpha value is -3.81. The molecule has 3 aromatic rings. The van der Waals surface area contributed by atoms with Crippen molar-refractivity contribution in [3.8, 4) is 17.2 Å². The molecule has 8 nitrogen and oxygen atoms in total. The molecule has 1 aliphatic rings. The summed E-state index contributed by atoms with van der Waals surface area (Å²) in [6.45, 7) is 1.87. The summed E-state index contributed by atoms with van der Waals surface area (Å²) in [7, 11) is 3.14. The molecule has 0 spiro atoms. The number of methoxy groups -OCH3 is 2. The van der Waals surface area contributed by atoms with Crippen LogP contribution < -0.4 is 14.8 Å². The van der Waals surface area contributed by atoms with Crippen molar-refractivity contribution >= 4 is 17.4 Å². The summed E-state index contributed by atoms with van der Waals surface area (Å²) in [5.74, 6) is 1.42. The SMILES string of the molecule is COc1cccc(C2=NO[C@@H](C(=O)Nc3cc(C)nn3-c3ccccc3)C2)c1OC. The Morgan fingerprint density at radius 1 is 1.13 bits per heavy atom. The van der Waals surface area contributed by atoms with E-state index in [0.717, 1.165) is 16.9 Å². The largest absolute Gasteiger partial charge is 0.493 e. The lowest BCUT2D eigenvalue weighted by molar-refractivity contribution is -0.125. The van der Waals surface area contributed by atoms with Crippen LogP contribution in [0.15, 0.2) is 59.8 Å². The van der Waals surface area contributed by atoms with Crippen LogP contribution in [-0.2, 0) is 9.63 Å². The Balaban J connectivity index is 1.51. The van der Waals surface area contributed by atoms with Crippen molar-refractivity contribution in [2.75, 3.05) is 19.5 Å². The van der Waals surface area contributed by atoms with E-state index in [1.165, 1.54) is 0 Å². The molecule has 8 heteroatoms. The van der Waals surface area contributed by atoms with E-state index in [2.05, 4.69) is 15.6 Å². The quantitative estimate of drug-likeness (QED) is 0.679. The normalized spacial score (nSPS) is 15.3. The summed E-state index contributed by atoms with van der Waals surface area (Å²) in [5.41, 5.74) is 3.00. The van der Waals surface area contributed by atoms with Crippen molar-refractivity contribution in [3.05, 3.63) is 65.9 Å². The number of oxime groups is 1. The van der Waals surface area contributed by atoms with Gasteiger partial charge in [0.25, 0.3) is 5.91 Å². The number of carbonyl (C=O) groups is 1. The van der Waals surface area contributed by atoms with Gasteiger partial charge >= 0.3 is 0 Å². The minimum absolute atomic E-state index is 0.298. The van der Waals surface area contributed by atoms with Crippen LogP contribution in [0.1, 0.15) is 17.7 Å². The second-order valence-electron chi connectivity index (χ2n) is 6.78. The van der Waals surface area contributed by atoms with E-state index < -0.39 is 6.10 Å². The van der Waals surface area contributed by atoms with Gasteiger partial charge in [-0.05, 0) is 31.2 Å². The molecule has 0 bridgehead atoms. The molecule has 30 heavy (non-hydrogen) atoms. The molecule has 1 amide bonds. The van der Waals surface area contributed by atoms with Crippen molar-refractivity contribution in [1.82, 2.24) is 9.78 Å². The van der Waals surface area contributed by atoms with Crippen molar-refractivity contribution < 1.29 is 19.1 Å². The maximum atomic E-state index is 12.9. The second-order valence-corrected chi connectivity index (χ2v) is 6.78. The molecule has 0 unspecified atom stereocenters. The molecule has 1 aromatic heterocycles. The highest BCUT2D eigenvalue weighted by Gasteiger charge is 2.31. The number of rotatable bonds is 6. The number of para-hydroxylation sites is 2. The van der Waals surface area contributed by atoms with Crippen molar-refractivity contribution in [1.29, 1.82) is 0 Å². The van der Waals surface area contributed by atoms with Gasteiger partial charge in [-0.25, -0.2) is 4.68 Å². The summed E-state index contributed by atoms with van der Waals surface area (Å²) < 4.78 is 12.5. The van der Waals surface area contributed by atoms with E-state index in [9.17, 15) is 4.79 Å². The number of hydrogen-bond acceptors (Lipinski definition) is 6. The molecule has 154 valence electrons. The Labute approximate surface area is 174 Å². The third-order valence-electron chi connectivity index (χ3n) is 4.76. The number of aromatic nitrogens is 2. The highest BCUT2D eigenvalue weighted by molar-refractivity contribution is 6.08. The third-order valence-corrected chi connectivity index (χ3v) is 4.76. The minimum atomic E-state index is -0.754. The molecule has 0 radical (unpaired) electrons. The molecular formula is C22H22N4O4. The highest BCUT2D eigenvalue weighted by Crippen LogP contribution is 2.33. The maximum Gasteiger partial charge on any atom is 0.269 e. The van der Waals surface area contributed by atoms with E-state index in [1.807, 2.05) is 55.5 Å². The molecule has 0 fully saturated rings. The molecule has 0 saturated heterocycles. The topological polar surface area (TPSA) is 87.0 Å². The van der Waals surface area contributed by atoms with Gasteiger partial charge in [0.2, 0.25) is 6.10 Å². The molecule has 1 aliphatic heterocycles. The Kier molecular flexibility index (Phi) is 5.38. The fraction of sp³-hybridized carbons (Fsp3) is 0.227. The number of amides is 1. The smallest absolute Gasteiger partial charge is 0.269 e. The number of nitrogens with zero attached hydrogens (tertiary/aromatic N) is 3. The average molecular weight is 406 g/mol. The first-order chi connectivity index (χ1) is 14.6. The monoisotopic (exact) mass is 406 g/mol. The van der Waals surface area contributed by atoms with E-state index in [-0.39, 0.29) is 5.91 Å². The Morgan fingerprint density at radius 3 is 2.67 bits per heavy atom. The number of ether oxygens (including phenoxy) is 2. The summed E-state index contributed by atoms with van der Waals surface area (Å²) >= 11 is 0. The number of hydrogen-bond donors (Lipinski definition) is 1. The molecule has 2 heterocycles. The van der Waals surface area contributed by atoms with Crippen LogP contribution in [0.25, 0.3) is 5.69 Å². The van der Waals surface area contributed by atoms with Crippen molar-refractivity contribution in [3.63, 3.8) is 0 Å². The van der Waals surface area contributed by atoms with Crippen LogP contribution in [0.5, 0.6) is 11.5 Å². The van der Waals surface area contributed by atoms with E-state index >= 15 is 0 Å². The van der Waals surface area contributed by atoms with Gasteiger partial charge in [-0.2, -0.15) is 5.10 Å². The maximum absolute atomic E-state index is 12.9. The Bertz CT molecular complexity index is 1090. The summed E-state index contributed by atoms with van der Waals surface area (Å²) in [5, 5.41) is 11.5. The molecule has 2 aromatic carbocycles. The Morgan fingerprint density at radius 2 is 1.93 bits per heavy atom. The van der Waals surface area contributed by atoms with Crippen LogP contribution in [0.3, 0.4) is 0 Å². The van der Waals surface area contributed by atoms with Gasteiger partial charge in [0.1, 0.15) is 5.82 Å². The third kappa shape index (κ3) is 3.71. The van der Waals surface area contributed by atoms with Crippen molar-refractivity contribution in [2.45, 2.75) is 19.4 Å². The molecule has 0 saturated carbocycles. The van der Waals surface area contributed by atoms with Gasteiger partial charge in [-0.15, -0.1) is 0 Å². The van der Waals surface area contributed by atoms with Gasteiger partial charge in [-0.1, -0.05) is 29.4 Å². The number of benzene rings is 2. The van der Waals surface area contributed by atoms with E-state index in [4.69, 9.17) is 14.3 Å². The lowest BCUT2D eigenvalue weighted by atomic mass is 10.0. The van der Waals surface area contributed by atoms with Crippen LogP contribution in [0.2, 0.25) is 0 Å². The standard InChI is InChI=1S/C22H22N4O4/c1-14-12-20(26(24-14)15-8-5-4-6-9-15)23-22(27)19-13-17(25-30-19)16-10-7-11-18(28-2)21(16)29-3/h4-12,19H,13H2,1-3H3,(H,23,27)/t19-/m1/s1. The van der Waals surface area contributed by atoms with Crippen molar-refractivity contribution in [2.24, 2.45) is 5.16 Å². The summed E-state index contributed by atoms with van der Waals surface area (Å²) in [6.07, 6.45) is -0.441. The lowest BCUT2D eigenvalue weighted by Gasteiger charge is -2.12. The van der Waals surface area contributed by atoms with Gasteiger partial charge in [0.15, 0.2) is 11.5 Å². The molecule has 1 N–H and O–H groups in total. The predicted octanol–water partition coefficient (Wildman–Crippen LogP) is 3.33. The van der Waals surface area contributed by atoms with Gasteiger partial charge in [0.05, 0.1) is 31.3 Å². The fourth-order valence-corrected chi connectivity index (χ4v) is 3.35. The van der Waals surface area contributed by atoms with Crippen LogP contribution in [0.4, 0.5) is 5.82 Å². The molecule has 0 aliphatic carbocycles. The first kappa shape index (κ1) is 19.5. The molecule has 4 rings (SSSR count). The average Bonchev–Trinajstić information content (AvgIpc) is 3.40. The second kappa shape index (κ2) is 8.28. The van der Waals surface area contributed by atoms with Gasteiger partial charge in [-0.3, -0.25) is 4.79 Å². The highest BCUT2D eigenvalue weighted by atomic mass is 16.6. The number of carbonyl (C=O) groups excluding carboxylic acids is 1. The molecular weight excluding hydrogens is 384 g/mol. The van der Waals surface area contributed by atoms with Gasteiger partial charge in [0, 0.05) is 18.1 Å². The first-order valence-electron chi connectivity index (χ1n) is 9.47. The minimum Gasteiger partial charge on any atom is -0.493 e. The molecule has 1 atom stereocenters. The number of aryl methyl sites for hydroxylation is 1. The fourth-order valence-electron chi connectivity index (χ4n) is 3.35. The lowest BCUT2D eigenvalue weighted by Crippen LogP contribution is -2.29. The zero-order valence-electron chi connectivity index (χ0n) is 17.0. The zero-order chi connectivity index (χ0) is 21.1. The summed E-state index contributed by atoms with van der Waals surface area (Å²) in [4.78, 5) is 18.3. The number of anilines is 1. The van der Waals surface area contributed by atoms with Gasteiger partial charge < -0.3 is 19.6 Å². The van der Waals surface area contributed by atoms with E-state index in [0.29, 0.717) is 29.4 Å².